The van der Waals surface area contributed by atoms with Crippen LogP contribution in [-0.2, 0) is 0 Å². The zero-order valence-corrected chi connectivity index (χ0v) is 9.11. The Bertz CT molecular complexity index is 527. The molecule has 0 N–H and O–H groups in total. The van der Waals surface area contributed by atoms with Crippen molar-refractivity contribution < 1.29 is 18.3 Å². The second kappa shape index (κ2) is 4.82. The number of benzene rings is 2. The highest BCUT2D eigenvalue weighted by Crippen LogP contribution is 2.32. The van der Waals surface area contributed by atoms with Crippen LogP contribution in [-0.4, -0.2) is 7.11 Å². The van der Waals surface area contributed by atoms with Gasteiger partial charge in [0.05, 0.1) is 7.11 Å². The average Bonchev–Trinajstić information content (AvgIpc) is 2.35. The van der Waals surface area contributed by atoms with Gasteiger partial charge in [-0.2, -0.15) is 4.39 Å². The lowest BCUT2D eigenvalue weighted by Gasteiger charge is -2.10. The van der Waals surface area contributed by atoms with Crippen LogP contribution in [0.4, 0.5) is 8.78 Å². The Morgan fingerprint density at radius 2 is 1.47 bits per heavy atom. The van der Waals surface area contributed by atoms with Crippen LogP contribution in [0.15, 0.2) is 42.5 Å². The molecule has 0 radical (unpaired) electrons. The minimum absolute atomic E-state index is 0.172. The molecule has 4 heteroatoms. The van der Waals surface area contributed by atoms with Crippen LogP contribution in [0.5, 0.6) is 17.2 Å². The Labute approximate surface area is 97.4 Å². The molecule has 2 aromatic rings. The molecule has 2 rings (SSSR count). The third kappa shape index (κ3) is 2.36. The van der Waals surface area contributed by atoms with E-state index in [1.165, 1.54) is 19.2 Å². The Balaban J connectivity index is 2.35. The quantitative estimate of drug-likeness (QED) is 0.807. The summed E-state index contributed by atoms with van der Waals surface area (Å²) in [5, 5.41) is 0. The average molecular weight is 236 g/mol. The van der Waals surface area contributed by atoms with E-state index in [0.29, 0.717) is 11.5 Å². The topological polar surface area (TPSA) is 18.5 Å². The number of rotatable bonds is 3. The lowest BCUT2D eigenvalue weighted by Crippen LogP contribution is -1.93. The summed E-state index contributed by atoms with van der Waals surface area (Å²) in [5.74, 6) is -1.35. The maximum atomic E-state index is 13.4. The molecule has 17 heavy (non-hydrogen) atoms. The summed E-state index contributed by atoms with van der Waals surface area (Å²) in [7, 11) is 1.48. The molecule has 0 aliphatic carbocycles. The first kappa shape index (κ1) is 11.4. The first-order chi connectivity index (χ1) is 8.22. The molecule has 0 saturated carbocycles. The first-order valence-corrected chi connectivity index (χ1v) is 4.97. The summed E-state index contributed by atoms with van der Waals surface area (Å²) >= 11 is 0. The molecule has 0 atom stereocenters. The maximum Gasteiger partial charge on any atom is 0.201 e. The van der Waals surface area contributed by atoms with Gasteiger partial charge in [0.25, 0.3) is 0 Å². The summed E-state index contributed by atoms with van der Waals surface area (Å²) in [6, 6.07) is 10.5. The molecule has 0 spiro atoms. The molecule has 0 aliphatic heterocycles. The van der Waals surface area contributed by atoms with E-state index in [2.05, 4.69) is 0 Å². The number of para-hydroxylation sites is 2. The summed E-state index contributed by atoms with van der Waals surface area (Å²) in [6.45, 7) is 0. The molecule has 0 unspecified atom stereocenters. The molecule has 2 aromatic carbocycles. The van der Waals surface area contributed by atoms with Crippen molar-refractivity contribution in [3.63, 3.8) is 0 Å². The van der Waals surface area contributed by atoms with E-state index in [-0.39, 0.29) is 5.75 Å². The molecule has 88 valence electrons. The van der Waals surface area contributed by atoms with Crippen molar-refractivity contribution in [1.29, 1.82) is 0 Å². The zero-order valence-electron chi connectivity index (χ0n) is 9.11. The second-order valence-electron chi connectivity index (χ2n) is 3.30. The fourth-order valence-corrected chi connectivity index (χ4v) is 1.38. The third-order valence-corrected chi connectivity index (χ3v) is 2.21. The van der Waals surface area contributed by atoms with Gasteiger partial charge in [-0.1, -0.05) is 18.2 Å². The van der Waals surface area contributed by atoms with Crippen molar-refractivity contribution >= 4 is 0 Å². The van der Waals surface area contributed by atoms with Crippen molar-refractivity contribution in [3.8, 4) is 17.2 Å². The highest BCUT2D eigenvalue weighted by molar-refractivity contribution is 5.42. The SMILES string of the molecule is COc1ccccc1Oc1cccc(F)c1F. The summed E-state index contributed by atoms with van der Waals surface area (Å²) in [6.07, 6.45) is 0. The normalized spacial score (nSPS) is 10.1. The van der Waals surface area contributed by atoms with Crippen LogP contribution in [0, 0.1) is 11.6 Å². The van der Waals surface area contributed by atoms with Crippen LogP contribution in [0.2, 0.25) is 0 Å². The molecular formula is C13H10F2O2. The minimum Gasteiger partial charge on any atom is -0.493 e. The van der Waals surface area contributed by atoms with Crippen molar-refractivity contribution in [2.45, 2.75) is 0 Å². The Morgan fingerprint density at radius 3 is 2.18 bits per heavy atom. The summed E-state index contributed by atoms with van der Waals surface area (Å²) in [5.41, 5.74) is 0. The monoisotopic (exact) mass is 236 g/mol. The Hall–Kier alpha value is -2.10. The Kier molecular flexibility index (Phi) is 3.23. The molecule has 0 fully saturated rings. The predicted molar refractivity (Wildman–Crippen MR) is 59.4 cm³/mol. The number of hydrogen-bond donors (Lipinski definition) is 0. The van der Waals surface area contributed by atoms with Gasteiger partial charge in [-0.05, 0) is 24.3 Å². The van der Waals surface area contributed by atoms with E-state index in [1.807, 2.05) is 0 Å². The van der Waals surface area contributed by atoms with Crippen LogP contribution >= 0.6 is 0 Å². The summed E-state index contributed by atoms with van der Waals surface area (Å²) < 4.78 is 36.7. The van der Waals surface area contributed by atoms with Gasteiger partial charge >= 0.3 is 0 Å². The van der Waals surface area contributed by atoms with Crippen molar-refractivity contribution in [1.82, 2.24) is 0 Å². The number of hydrogen-bond acceptors (Lipinski definition) is 2. The van der Waals surface area contributed by atoms with E-state index in [0.717, 1.165) is 6.07 Å². The lowest BCUT2D eigenvalue weighted by molar-refractivity contribution is 0.365. The zero-order chi connectivity index (χ0) is 12.3. The van der Waals surface area contributed by atoms with Gasteiger partial charge in [-0.3, -0.25) is 0 Å². The first-order valence-electron chi connectivity index (χ1n) is 4.97. The number of methoxy groups -OCH3 is 1. The fraction of sp³-hybridized carbons (Fsp3) is 0.0769. The predicted octanol–water partition coefficient (Wildman–Crippen LogP) is 3.77. The van der Waals surface area contributed by atoms with Gasteiger partial charge in [0, 0.05) is 0 Å². The second-order valence-corrected chi connectivity index (χ2v) is 3.30. The van der Waals surface area contributed by atoms with Crippen LogP contribution in [0.1, 0.15) is 0 Å². The van der Waals surface area contributed by atoms with E-state index in [1.54, 1.807) is 24.3 Å². The maximum absolute atomic E-state index is 13.4. The van der Waals surface area contributed by atoms with Gasteiger partial charge in [-0.25, -0.2) is 4.39 Å². The smallest absolute Gasteiger partial charge is 0.201 e. The van der Waals surface area contributed by atoms with Crippen molar-refractivity contribution in [2.24, 2.45) is 0 Å². The number of ether oxygens (including phenoxy) is 2. The standard InChI is InChI=1S/C13H10F2O2/c1-16-10-6-2-3-7-11(10)17-12-8-4-5-9(14)13(12)15/h2-8H,1H3. The highest BCUT2D eigenvalue weighted by Gasteiger charge is 2.11. The van der Waals surface area contributed by atoms with E-state index < -0.39 is 11.6 Å². The van der Waals surface area contributed by atoms with Crippen molar-refractivity contribution in [3.05, 3.63) is 54.1 Å². The summed E-state index contributed by atoms with van der Waals surface area (Å²) in [4.78, 5) is 0. The highest BCUT2D eigenvalue weighted by atomic mass is 19.2. The van der Waals surface area contributed by atoms with Gasteiger partial charge in [0.1, 0.15) is 0 Å². The van der Waals surface area contributed by atoms with Gasteiger partial charge in [-0.15, -0.1) is 0 Å². The van der Waals surface area contributed by atoms with Crippen LogP contribution in [0.25, 0.3) is 0 Å². The molecular weight excluding hydrogens is 226 g/mol. The van der Waals surface area contributed by atoms with E-state index in [9.17, 15) is 8.78 Å². The molecule has 2 nitrogen and oxygen atoms in total. The van der Waals surface area contributed by atoms with Gasteiger partial charge in [0.15, 0.2) is 23.1 Å². The molecule has 0 amide bonds. The minimum atomic E-state index is -1.02. The van der Waals surface area contributed by atoms with E-state index in [4.69, 9.17) is 9.47 Å². The van der Waals surface area contributed by atoms with E-state index >= 15 is 0 Å². The van der Waals surface area contributed by atoms with Crippen LogP contribution in [0.3, 0.4) is 0 Å². The van der Waals surface area contributed by atoms with Crippen molar-refractivity contribution in [2.75, 3.05) is 7.11 Å². The third-order valence-electron chi connectivity index (χ3n) is 2.21. The molecule has 0 bridgehead atoms. The lowest BCUT2D eigenvalue weighted by atomic mass is 10.3. The largest absolute Gasteiger partial charge is 0.493 e. The van der Waals surface area contributed by atoms with Gasteiger partial charge in [0.2, 0.25) is 5.82 Å². The molecule has 0 aromatic heterocycles. The molecule has 0 saturated heterocycles. The van der Waals surface area contributed by atoms with Crippen LogP contribution < -0.4 is 9.47 Å². The fourth-order valence-electron chi connectivity index (χ4n) is 1.38. The molecule has 0 heterocycles. The number of halogens is 2. The van der Waals surface area contributed by atoms with Gasteiger partial charge < -0.3 is 9.47 Å². The molecule has 0 aliphatic rings. The Morgan fingerprint density at radius 1 is 0.824 bits per heavy atom.